The van der Waals surface area contributed by atoms with Gasteiger partial charge in [0.25, 0.3) is 5.91 Å². The summed E-state index contributed by atoms with van der Waals surface area (Å²) >= 11 is 0. The maximum atomic E-state index is 12.5. The second-order valence-corrected chi connectivity index (χ2v) is 7.29. The van der Waals surface area contributed by atoms with E-state index in [9.17, 15) is 9.59 Å². The summed E-state index contributed by atoms with van der Waals surface area (Å²) in [4.78, 5) is 26.6. The van der Waals surface area contributed by atoms with E-state index in [2.05, 4.69) is 10.6 Å². The minimum atomic E-state index is -0.231. The van der Waals surface area contributed by atoms with Gasteiger partial charge < -0.3 is 20.3 Å². The molecule has 1 saturated heterocycles. The van der Waals surface area contributed by atoms with Crippen molar-refractivity contribution in [1.82, 2.24) is 15.5 Å². The minimum absolute atomic E-state index is 0.0941. The third kappa shape index (κ3) is 6.06. The molecule has 1 aliphatic rings. The maximum absolute atomic E-state index is 12.5. The number of likely N-dealkylation sites (tertiary alicyclic amines) is 1. The van der Waals surface area contributed by atoms with E-state index in [0.29, 0.717) is 25.3 Å². The van der Waals surface area contributed by atoms with Gasteiger partial charge in [0.2, 0.25) is 0 Å². The van der Waals surface area contributed by atoms with E-state index < -0.39 is 0 Å². The molecule has 3 rings (SSSR count). The molecule has 0 atom stereocenters. The van der Waals surface area contributed by atoms with E-state index in [0.717, 1.165) is 42.6 Å². The van der Waals surface area contributed by atoms with E-state index in [-0.39, 0.29) is 11.9 Å². The average Bonchev–Trinajstić information content (AvgIpc) is 2.78. The fraction of sp³-hybridized carbons (Fsp3) is 0.391. The van der Waals surface area contributed by atoms with Gasteiger partial charge in [-0.15, -0.1) is 0 Å². The third-order valence-corrected chi connectivity index (χ3v) is 5.15. The lowest BCUT2D eigenvalue weighted by atomic mass is 10.1. The fourth-order valence-electron chi connectivity index (χ4n) is 3.49. The van der Waals surface area contributed by atoms with Crippen LogP contribution in [-0.2, 0) is 24.4 Å². The first-order valence-electron chi connectivity index (χ1n) is 10.1. The SMILES string of the molecule is COCc1ccccc1CNC(=O)NCc1ccc(C(=O)N2CCCCC2)cc1. The number of nitrogens with zero attached hydrogens (tertiary/aromatic N) is 1. The number of nitrogens with one attached hydrogen (secondary N) is 2. The highest BCUT2D eigenvalue weighted by Crippen LogP contribution is 2.14. The van der Waals surface area contributed by atoms with Crippen LogP contribution in [0.4, 0.5) is 4.79 Å². The first-order chi connectivity index (χ1) is 14.2. The van der Waals surface area contributed by atoms with Crippen LogP contribution >= 0.6 is 0 Å². The van der Waals surface area contributed by atoms with Crippen molar-refractivity contribution in [3.63, 3.8) is 0 Å². The molecular formula is C23H29N3O3. The normalized spacial score (nSPS) is 13.8. The van der Waals surface area contributed by atoms with Crippen LogP contribution in [0.1, 0.15) is 46.3 Å². The third-order valence-electron chi connectivity index (χ3n) is 5.15. The summed E-state index contributed by atoms with van der Waals surface area (Å²) in [7, 11) is 1.66. The molecule has 2 N–H and O–H groups in total. The maximum Gasteiger partial charge on any atom is 0.315 e. The number of methoxy groups -OCH3 is 1. The molecule has 6 heteroatoms. The Hall–Kier alpha value is -2.86. The highest BCUT2D eigenvalue weighted by Gasteiger charge is 2.17. The topological polar surface area (TPSA) is 70.7 Å². The summed E-state index contributed by atoms with van der Waals surface area (Å²) in [6.45, 7) is 3.05. The van der Waals surface area contributed by atoms with Crippen LogP contribution in [-0.4, -0.2) is 37.0 Å². The Morgan fingerprint density at radius 1 is 0.897 bits per heavy atom. The van der Waals surface area contributed by atoms with Gasteiger partial charge >= 0.3 is 6.03 Å². The number of hydrogen-bond acceptors (Lipinski definition) is 3. The largest absolute Gasteiger partial charge is 0.380 e. The Labute approximate surface area is 172 Å². The van der Waals surface area contributed by atoms with Crippen LogP contribution < -0.4 is 10.6 Å². The molecule has 3 amide bonds. The van der Waals surface area contributed by atoms with Gasteiger partial charge in [-0.05, 0) is 48.1 Å². The van der Waals surface area contributed by atoms with Crippen LogP contribution in [0.25, 0.3) is 0 Å². The van der Waals surface area contributed by atoms with Crippen molar-refractivity contribution in [1.29, 1.82) is 0 Å². The van der Waals surface area contributed by atoms with Crippen molar-refractivity contribution in [2.45, 2.75) is 39.0 Å². The molecule has 0 aromatic heterocycles. The van der Waals surface area contributed by atoms with Gasteiger partial charge in [0.05, 0.1) is 6.61 Å². The average molecular weight is 396 g/mol. The summed E-state index contributed by atoms with van der Waals surface area (Å²) < 4.78 is 5.19. The number of benzene rings is 2. The number of carbonyl (C=O) groups excluding carboxylic acids is 2. The van der Waals surface area contributed by atoms with Crippen molar-refractivity contribution in [2.75, 3.05) is 20.2 Å². The highest BCUT2D eigenvalue weighted by atomic mass is 16.5. The van der Waals surface area contributed by atoms with Crippen molar-refractivity contribution in [2.24, 2.45) is 0 Å². The number of ether oxygens (including phenoxy) is 1. The zero-order valence-corrected chi connectivity index (χ0v) is 16.9. The lowest BCUT2D eigenvalue weighted by Gasteiger charge is -2.26. The van der Waals surface area contributed by atoms with E-state index in [1.807, 2.05) is 53.4 Å². The second kappa shape index (κ2) is 10.6. The van der Waals surface area contributed by atoms with Crippen molar-refractivity contribution in [3.05, 3.63) is 70.8 Å². The molecule has 0 spiro atoms. The van der Waals surface area contributed by atoms with Crippen LogP contribution in [0.2, 0.25) is 0 Å². The predicted molar refractivity (Wildman–Crippen MR) is 112 cm³/mol. The number of piperidine rings is 1. The molecule has 154 valence electrons. The minimum Gasteiger partial charge on any atom is -0.380 e. The Morgan fingerprint density at radius 2 is 1.55 bits per heavy atom. The number of amides is 3. The summed E-state index contributed by atoms with van der Waals surface area (Å²) in [6.07, 6.45) is 3.37. The smallest absolute Gasteiger partial charge is 0.315 e. The summed E-state index contributed by atoms with van der Waals surface area (Å²) in [6, 6.07) is 15.1. The quantitative estimate of drug-likeness (QED) is 0.754. The van der Waals surface area contributed by atoms with Gasteiger partial charge in [0.1, 0.15) is 0 Å². The van der Waals surface area contributed by atoms with Gasteiger partial charge in [-0.1, -0.05) is 36.4 Å². The van der Waals surface area contributed by atoms with E-state index >= 15 is 0 Å². The van der Waals surface area contributed by atoms with Crippen LogP contribution in [0.15, 0.2) is 48.5 Å². The molecular weight excluding hydrogens is 366 g/mol. The molecule has 0 saturated carbocycles. The molecule has 6 nitrogen and oxygen atoms in total. The van der Waals surface area contributed by atoms with Crippen LogP contribution in [0.3, 0.4) is 0 Å². The zero-order chi connectivity index (χ0) is 20.5. The molecule has 2 aromatic rings. The van der Waals surface area contributed by atoms with Gasteiger partial charge in [0.15, 0.2) is 0 Å². The zero-order valence-electron chi connectivity index (χ0n) is 16.9. The molecule has 1 heterocycles. The molecule has 2 aromatic carbocycles. The number of carbonyl (C=O) groups is 2. The van der Waals surface area contributed by atoms with E-state index in [4.69, 9.17) is 4.74 Å². The number of urea groups is 1. The lowest BCUT2D eigenvalue weighted by molar-refractivity contribution is 0.0724. The summed E-state index contributed by atoms with van der Waals surface area (Å²) in [5.74, 6) is 0.0941. The fourth-order valence-corrected chi connectivity index (χ4v) is 3.49. The molecule has 0 radical (unpaired) electrons. The predicted octanol–water partition coefficient (Wildman–Crippen LogP) is 3.46. The first-order valence-corrected chi connectivity index (χ1v) is 10.1. The molecule has 1 aliphatic heterocycles. The Morgan fingerprint density at radius 3 is 2.24 bits per heavy atom. The lowest BCUT2D eigenvalue weighted by Crippen LogP contribution is -2.35. The molecule has 0 unspecified atom stereocenters. The first kappa shape index (κ1) is 20.9. The molecule has 0 bridgehead atoms. The van der Waals surface area contributed by atoms with E-state index in [1.165, 1.54) is 6.42 Å². The van der Waals surface area contributed by atoms with Gasteiger partial charge in [0, 0.05) is 38.9 Å². The monoisotopic (exact) mass is 395 g/mol. The summed E-state index contributed by atoms with van der Waals surface area (Å²) in [5, 5.41) is 5.73. The van der Waals surface area contributed by atoms with Crippen LogP contribution in [0, 0.1) is 0 Å². The van der Waals surface area contributed by atoms with Crippen LogP contribution in [0.5, 0.6) is 0 Å². The molecule has 1 fully saturated rings. The van der Waals surface area contributed by atoms with Gasteiger partial charge in [-0.25, -0.2) is 4.79 Å². The number of rotatable bonds is 7. The Bertz CT molecular complexity index is 814. The Kier molecular flexibility index (Phi) is 7.64. The molecule has 29 heavy (non-hydrogen) atoms. The van der Waals surface area contributed by atoms with Gasteiger partial charge in [-0.3, -0.25) is 4.79 Å². The standard InChI is InChI=1S/C23H29N3O3/c1-29-17-21-8-4-3-7-20(21)16-25-23(28)24-15-18-9-11-19(12-10-18)22(27)26-13-5-2-6-14-26/h3-4,7-12H,2,5-6,13-17H2,1H3,(H2,24,25,28). The Balaban J connectivity index is 1.46. The molecule has 0 aliphatic carbocycles. The van der Waals surface area contributed by atoms with E-state index in [1.54, 1.807) is 7.11 Å². The van der Waals surface area contributed by atoms with Crippen molar-refractivity contribution < 1.29 is 14.3 Å². The second-order valence-electron chi connectivity index (χ2n) is 7.29. The summed E-state index contributed by atoms with van der Waals surface area (Å²) in [5.41, 5.74) is 3.75. The van der Waals surface area contributed by atoms with Crippen molar-refractivity contribution in [3.8, 4) is 0 Å². The number of hydrogen-bond donors (Lipinski definition) is 2. The highest BCUT2D eigenvalue weighted by molar-refractivity contribution is 5.94. The van der Waals surface area contributed by atoms with Crippen molar-refractivity contribution >= 4 is 11.9 Å². The van der Waals surface area contributed by atoms with Gasteiger partial charge in [-0.2, -0.15) is 0 Å².